The van der Waals surface area contributed by atoms with E-state index in [2.05, 4.69) is 10.6 Å². The largest absolute Gasteiger partial charge is 0.497 e. The van der Waals surface area contributed by atoms with Gasteiger partial charge in [-0.05, 0) is 54.7 Å². The van der Waals surface area contributed by atoms with Crippen LogP contribution in [0.3, 0.4) is 0 Å². The Kier molecular flexibility index (Phi) is 11.6. The topological polar surface area (TPSA) is 134 Å². The fourth-order valence-corrected chi connectivity index (χ4v) is 5.22. The Bertz CT molecular complexity index is 1190. The molecular weight excluding hydrogens is 534 g/mol. The van der Waals surface area contributed by atoms with Crippen LogP contribution in [0.4, 0.5) is 8.78 Å². The number of carbonyl (C=O) groups is 3. The summed E-state index contributed by atoms with van der Waals surface area (Å²) < 4.78 is 33.0. The molecule has 0 aliphatic heterocycles. The van der Waals surface area contributed by atoms with E-state index in [1.54, 1.807) is 18.1 Å². The normalized spacial score (nSPS) is 19.2. The third-order valence-electron chi connectivity index (χ3n) is 7.22. The SMILES string of the molecule is CCCN(CCC)C(=O)[C@@H]1[C@@H](C(N)=O)[C@H]1C(=O)N[C@@H](Cc1cc(F)cc(F)c1)[C@H](O)CNCc1cccc(OC)c1. The highest BCUT2D eigenvalue weighted by molar-refractivity contribution is 6.01. The van der Waals surface area contributed by atoms with Gasteiger partial charge in [0.15, 0.2) is 0 Å². The van der Waals surface area contributed by atoms with Crippen LogP contribution in [-0.2, 0) is 27.3 Å². The summed E-state index contributed by atoms with van der Waals surface area (Å²) in [6.07, 6.45) is 0.176. The van der Waals surface area contributed by atoms with E-state index < -0.39 is 53.3 Å². The number of aliphatic hydroxyl groups excluding tert-OH is 1. The molecule has 9 nitrogen and oxygen atoms in total. The Balaban J connectivity index is 1.75. The van der Waals surface area contributed by atoms with Gasteiger partial charge < -0.3 is 31.1 Å². The molecule has 41 heavy (non-hydrogen) atoms. The van der Waals surface area contributed by atoms with Crippen LogP contribution in [0, 0.1) is 29.4 Å². The summed E-state index contributed by atoms with van der Waals surface area (Å²) in [6.45, 7) is 5.28. The van der Waals surface area contributed by atoms with Gasteiger partial charge in [0.2, 0.25) is 17.7 Å². The average Bonchev–Trinajstić information content (AvgIpc) is 3.68. The molecule has 1 fully saturated rings. The third-order valence-corrected chi connectivity index (χ3v) is 7.22. The lowest BCUT2D eigenvalue weighted by atomic mass is 10.00. The van der Waals surface area contributed by atoms with Crippen LogP contribution in [0.5, 0.6) is 5.75 Å². The van der Waals surface area contributed by atoms with Gasteiger partial charge >= 0.3 is 0 Å². The third kappa shape index (κ3) is 8.71. The first-order chi connectivity index (χ1) is 19.6. The van der Waals surface area contributed by atoms with Gasteiger partial charge in [0.05, 0.1) is 37.0 Å². The van der Waals surface area contributed by atoms with Gasteiger partial charge in [0.25, 0.3) is 0 Å². The van der Waals surface area contributed by atoms with Crippen LogP contribution in [-0.4, -0.2) is 66.6 Å². The van der Waals surface area contributed by atoms with Crippen LogP contribution in [0.15, 0.2) is 42.5 Å². The Morgan fingerprint density at radius 2 is 1.66 bits per heavy atom. The smallest absolute Gasteiger partial charge is 0.227 e. The van der Waals surface area contributed by atoms with Crippen molar-refractivity contribution in [3.63, 3.8) is 0 Å². The number of carbonyl (C=O) groups excluding carboxylic acids is 3. The van der Waals surface area contributed by atoms with Crippen LogP contribution < -0.4 is 21.1 Å². The second-order valence-electron chi connectivity index (χ2n) is 10.5. The fourth-order valence-electron chi connectivity index (χ4n) is 5.22. The molecule has 0 radical (unpaired) electrons. The highest BCUT2D eigenvalue weighted by atomic mass is 19.1. The van der Waals surface area contributed by atoms with Gasteiger partial charge in [-0.25, -0.2) is 8.78 Å². The summed E-state index contributed by atoms with van der Waals surface area (Å²) in [7, 11) is 1.56. The molecule has 2 aromatic carbocycles. The minimum atomic E-state index is -1.17. The summed E-state index contributed by atoms with van der Waals surface area (Å²) in [6, 6.07) is 9.37. The summed E-state index contributed by atoms with van der Waals surface area (Å²) >= 11 is 0. The van der Waals surface area contributed by atoms with Gasteiger partial charge in [-0.15, -0.1) is 0 Å². The first-order valence-corrected chi connectivity index (χ1v) is 13.9. The number of ether oxygens (including phenoxy) is 1. The molecule has 1 aliphatic rings. The molecule has 3 rings (SSSR count). The second kappa shape index (κ2) is 14.9. The number of primary amides is 1. The molecule has 5 atom stereocenters. The zero-order valence-corrected chi connectivity index (χ0v) is 23.7. The fraction of sp³-hybridized carbons (Fsp3) is 0.500. The van der Waals surface area contributed by atoms with E-state index >= 15 is 0 Å². The molecular formula is C30H40F2N4O5. The lowest BCUT2D eigenvalue weighted by molar-refractivity contribution is -0.135. The van der Waals surface area contributed by atoms with Crippen molar-refractivity contribution in [2.75, 3.05) is 26.7 Å². The predicted octanol–water partition coefficient (Wildman–Crippen LogP) is 2.15. The van der Waals surface area contributed by atoms with E-state index in [1.807, 2.05) is 32.0 Å². The first-order valence-electron chi connectivity index (χ1n) is 13.9. The number of amides is 3. The lowest BCUT2D eigenvalue weighted by Gasteiger charge is -2.25. The van der Waals surface area contributed by atoms with Gasteiger partial charge in [-0.2, -0.15) is 0 Å². The van der Waals surface area contributed by atoms with Gasteiger partial charge in [0, 0.05) is 32.2 Å². The summed E-state index contributed by atoms with van der Waals surface area (Å²) in [5.74, 6) is -5.41. The number of nitrogens with zero attached hydrogens (tertiary/aromatic N) is 1. The molecule has 3 amide bonds. The number of rotatable bonds is 16. The number of benzene rings is 2. The number of halogens is 2. The molecule has 224 valence electrons. The van der Waals surface area contributed by atoms with E-state index in [0.717, 1.165) is 36.6 Å². The Hall–Kier alpha value is -3.57. The first kappa shape index (κ1) is 32.0. The van der Waals surface area contributed by atoms with Crippen molar-refractivity contribution in [1.29, 1.82) is 0 Å². The Morgan fingerprint density at radius 1 is 1.00 bits per heavy atom. The standard InChI is InChI=1S/C30H40F2N4O5/c1-4-9-36(10-5-2)30(40)27-25(28(33)38)26(27)29(39)35-23(14-19-11-20(31)15-21(32)12-19)24(37)17-34-16-18-7-6-8-22(13-18)41-3/h6-8,11-13,15,23-27,34,37H,4-5,9-10,14,16-17H2,1-3H3,(H2,33,38)(H,35,39)/t23-,24+,25-,26+,27+/m0/s1. The highest BCUT2D eigenvalue weighted by Gasteiger charge is 2.63. The highest BCUT2D eigenvalue weighted by Crippen LogP contribution is 2.47. The van der Waals surface area contributed by atoms with E-state index in [9.17, 15) is 28.3 Å². The van der Waals surface area contributed by atoms with Crippen LogP contribution in [0.1, 0.15) is 37.8 Å². The molecule has 0 unspecified atom stereocenters. The van der Waals surface area contributed by atoms with Crippen molar-refractivity contribution in [3.05, 3.63) is 65.2 Å². The predicted molar refractivity (Wildman–Crippen MR) is 150 cm³/mol. The van der Waals surface area contributed by atoms with E-state index in [-0.39, 0.29) is 24.4 Å². The molecule has 0 aromatic heterocycles. The van der Waals surface area contributed by atoms with Crippen molar-refractivity contribution in [1.82, 2.24) is 15.5 Å². The molecule has 0 spiro atoms. The monoisotopic (exact) mass is 574 g/mol. The van der Waals surface area contributed by atoms with Crippen LogP contribution in [0.25, 0.3) is 0 Å². The maximum atomic E-state index is 13.9. The Labute approximate surface area is 239 Å². The molecule has 0 bridgehead atoms. The maximum Gasteiger partial charge on any atom is 0.227 e. The maximum absolute atomic E-state index is 13.9. The van der Waals surface area contributed by atoms with Crippen molar-refractivity contribution in [2.24, 2.45) is 23.5 Å². The number of methoxy groups -OCH3 is 1. The van der Waals surface area contributed by atoms with Gasteiger partial charge in [-0.1, -0.05) is 26.0 Å². The van der Waals surface area contributed by atoms with E-state index in [4.69, 9.17) is 10.5 Å². The van der Waals surface area contributed by atoms with Crippen molar-refractivity contribution in [2.45, 2.75) is 51.8 Å². The van der Waals surface area contributed by atoms with Crippen molar-refractivity contribution in [3.8, 4) is 5.75 Å². The molecule has 2 aromatic rings. The zero-order valence-electron chi connectivity index (χ0n) is 23.7. The average molecular weight is 575 g/mol. The quantitative estimate of drug-likeness (QED) is 0.243. The number of nitrogens with two attached hydrogens (primary N) is 1. The molecule has 5 N–H and O–H groups in total. The van der Waals surface area contributed by atoms with Crippen molar-refractivity contribution < 1.29 is 33.0 Å². The number of aliphatic hydroxyl groups is 1. The van der Waals surface area contributed by atoms with Crippen molar-refractivity contribution >= 4 is 17.7 Å². The molecule has 1 aliphatic carbocycles. The number of hydrogen-bond acceptors (Lipinski definition) is 6. The van der Waals surface area contributed by atoms with Crippen LogP contribution in [0.2, 0.25) is 0 Å². The summed E-state index contributed by atoms with van der Waals surface area (Å²) in [5.41, 5.74) is 6.68. The summed E-state index contributed by atoms with van der Waals surface area (Å²) in [5, 5.41) is 16.9. The molecule has 0 saturated heterocycles. The lowest BCUT2D eigenvalue weighted by Crippen LogP contribution is -2.49. The minimum absolute atomic E-state index is 0.0347. The van der Waals surface area contributed by atoms with E-state index in [1.165, 1.54) is 0 Å². The summed E-state index contributed by atoms with van der Waals surface area (Å²) in [4.78, 5) is 40.4. The Morgan fingerprint density at radius 3 is 2.24 bits per heavy atom. The van der Waals surface area contributed by atoms with E-state index in [0.29, 0.717) is 25.4 Å². The number of hydrogen-bond donors (Lipinski definition) is 4. The number of nitrogens with one attached hydrogen (secondary N) is 2. The van der Waals surface area contributed by atoms with Crippen LogP contribution >= 0.6 is 0 Å². The minimum Gasteiger partial charge on any atom is -0.497 e. The molecule has 0 heterocycles. The molecule has 11 heteroatoms. The second-order valence-corrected chi connectivity index (χ2v) is 10.5. The van der Waals surface area contributed by atoms with Gasteiger partial charge in [-0.3, -0.25) is 14.4 Å². The molecule has 1 saturated carbocycles. The zero-order chi connectivity index (χ0) is 30.1. The van der Waals surface area contributed by atoms with Gasteiger partial charge in [0.1, 0.15) is 17.4 Å².